The second-order valence-corrected chi connectivity index (χ2v) is 3.72. The molecule has 0 amide bonds. The maximum atomic E-state index is 9.66. The highest BCUT2D eigenvalue weighted by Crippen LogP contribution is 2.34. The van der Waals surface area contributed by atoms with Crippen LogP contribution in [0.2, 0.25) is 5.15 Å². The Bertz CT molecular complexity index is 523. The van der Waals surface area contributed by atoms with E-state index in [9.17, 15) is 10.2 Å². The second kappa shape index (κ2) is 3.98. The summed E-state index contributed by atoms with van der Waals surface area (Å²) >= 11 is 5.80. The van der Waals surface area contributed by atoms with Crippen molar-refractivity contribution >= 4 is 11.6 Å². The van der Waals surface area contributed by atoms with Crippen LogP contribution in [0.3, 0.4) is 0 Å². The minimum absolute atomic E-state index is 0.210. The van der Waals surface area contributed by atoms with Gasteiger partial charge in [0.2, 0.25) is 0 Å². The number of hydrogen-bond donors (Lipinski definition) is 2. The fraction of sp³-hybridized carbons (Fsp3) is 0.0909. The number of aromatic hydroxyl groups is 2. The standard InChI is InChI=1S/C11H9ClN2O2/c1-6-5-9(12)14-11(13-6)7-3-2-4-8(15)10(7)16/h2-5,15-16H,1H3. The first-order valence-electron chi connectivity index (χ1n) is 4.60. The van der Waals surface area contributed by atoms with Crippen LogP contribution in [0.15, 0.2) is 24.3 Å². The monoisotopic (exact) mass is 236 g/mol. The number of aromatic nitrogens is 2. The summed E-state index contributed by atoms with van der Waals surface area (Å²) in [6.07, 6.45) is 0. The summed E-state index contributed by atoms with van der Waals surface area (Å²) in [5, 5.41) is 19.3. The Hall–Kier alpha value is -1.81. The highest BCUT2D eigenvalue weighted by Gasteiger charge is 2.11. The van der Waals surface area contributed by atoms with E-state index in [-0.39, 0.29) is 11.5 Å². The van der Waals surface area contributed by atoms with Gasteiger partial charge in [0.25, 0.3) is 0 Å². The zero-order valence-electron chi connectivity index (χ0n) is 8.48. The number of halogens is 1. The van der Waals surface area contributed by atoms with Crippen LogP contribution in [0.4, 0.5) is 0 Å². The van der Waals surface area contributed by atoms with Crippen molar-refractivity contribution < 1.29 is 10.2 Å². The van der Waals surface area contributed by atoms with E-state index in [1.165, 1.54) is 6.07 Å². The highest BCUT2D eigenvalue weighted by atomic mass is 35.5. The molecule has 4 nitrogen and oxygen atoms in total. The number of benzene rings is 1. The van der Waals surface area contributed by atoms with E-state index in [2.05, 4.69) is 9.97 Å². The predicted octanol–water partition coefficient (Wildman–Crippen LogP) is 2.52. The number of hydrogen-bond acceptors (Lipinski definition) is 4. The number of aryl methyl sites for hydroxylation is 1. The largest absolute Gasteiger partial charge is 0.504 e. The molecular formula is C11H9ClN2O2. The van der Waals surface area contributed by atoms with Crippen molar-refractivity contribution in [1.29, 1.82) is 0 Å². The summed E-state index contributed by atoms with van der Waals surface area (Å²) in [5.74, 6) is -0.165. The summed E-state index contributed by atoms with van der Waals surface area (Å²) in [7, 11) is 0. The molecule has 0 unspecified atom stereocenters. The van der Waals surface area contributed by atoms with E-state index in [0.717, 1.165) is 0 Å². The van der Waals surface area contributed by atoms with Gasteiger partial charge in [0.1, 0.15) is 5.15 Å². The highest BCUT2D eigenvalue weighted by molar-refractivity contribution is 6.29. The van der Waals surface area contributed by atoms with Gasteiger partial charge < -0.3 is 10.2 Å². The van der Waals surface area contributed by atoms with Crippen LogP contribution in [-0.2, 0) is 0 Å². The Kier molecular flexibility index (Phi) is 2.66. The molecule has 0 fully saturated rings. The van der Waals surface area contributed by atoms with Gasteiger partial charge in [-0.1, -0.05) is 17.7 Å². The van der Waals surface area contributed by atoms with Crippen molar-refractivity contribution in [2.45, 2.75) is 6.92 Å². The lowest BCUT2D eigenvalue weighted by Gasteiger charge is -2.05. The summed E-state index contributed by atoms with van der Waals surface area (Å²) in [6.45, 7) is 1.77. The van der Waals surface area contributed by atoms with Crippen molar-refractivity contribution in [3.8, 4) is 22.9 Å². The normalized spacial score (nSPS) is 10.4. The molecule has 1 aromatic carbocycles. The van der Waals surface area contributed by atoms with Crippen LogP contribution in [0, 0.1) is 6.92 Å². The van der Waals surface area contributed by atoms with E-state index in [1.54, 1.807) is 25.1 Å². The third-order valence-corrected chi connectivity index (χ3v) is 2.27. The van der Waals surface area contributed by atoms with Crippen molar-refractivity contribution in [2.75, 3.05) is 0 Å². The molecule has 1 aromatic heterocycles. The van der Waals surface area contributed by atoms with Gasteiger partial charge >= 0.3 is 0 Å². The number of nitrogens with zero attached hydrogens (tertiary/aromatic N) is 2. The summed E-state index contributed by atoms with van der Waals surface area (Å²) in [6, 6.07) is 6.21. The summed E-state index contributed by atoms with van der Waals surface area (Å²) in [5.41, 5.74) is 1.04. The van der Waals surface area contributed by atoms with Crippen molar-refractivity contribution in [1.82, 2.24) is 9.97 Å². The maximum Gasteiger partial charge on any atom is 0.168 e. The molecule has 0 radical (unpaired) electrons. The van der Waals surface area contributed by atoms with Crippen molar-refractivity contribution in [3.63, 3.8) is 0 Å². The minimum atomic E-state index is -0.246. The van der Waals surface area contributed by atoms with Crippen LogP contribution in [0.1, 0.15) is 5.69 Å². The molecule has 0 aliphatic rings. The molecule has 82 valence electrons. The molecule has 0 saturated heterocycles. The maximum absolute atomic E-state index is 9.66. The van der Waals surface area contributed by atoms with E-state index in [0.29, 0.717) is 22.2 Å². The Labute approximate surface area is 97.2 Å². The number of rotatable bonds is 1. The first kappa shape index (κ1) is 10.7. The molecule has 0 aliphatic carbocycles. The van der Waals surface area contributed by atoms with Gasteiger partial charge in [0.05, 0.1) is 5.56 Å². The first-order valence-corrected chi connectivity index (χ1v) is 4.98. The molecule has 2 aromatic rings. The lowest BCUT2D eigenvalue weighted by Crippen LogP contribution is -1.92. The molecule has 0 atom stereocenters. The van der Waals surface area contributed by atoms with Crippen LogP contribution in [-0.4, -0.2) is 20.2 Å². The van der Waals surface area contributed by atoms with E-state index < -0.39 is 0 Å². The van der Waals surface area contributed by atoms with Crippen molar-refractivity contribution in [2.24, 2.45) is 0 Å². The first-order chi connectivity index (χ1) is 7.58. The molecule has 16 heavy (non-hydrogen) atoms. The van der Waals surface area contributed by atoms with Gasteiger partial charge in [0, 0.05) is 5.69 Å². The quantitative estimate of drug-likeness (QED) is 0.590. The SMILES string of the molecule is Cc1cc(Cl)nc(-c2cccc(O)c2O)n1. The average molecular weight is 237 g/mol. The minimum Gasteiger partial charge on any atom is -0.504 e. The molecule has 0 spiro atoms. The van der Waals surface area contributed by atoms with Crippen LogP contribution >= 0.6 is 11.6 Å². The van der Waals surface area contributed by atoms with Crippen LogP contribution in [0.5, 0.6) is 11.5 Å². The van der Waals surface area contributed by atoms with E-state index >= 15 is 0 Å². The molecule has 0 bridgehead atoms. The fourth-order valence-corrected chi connectivity index (χ4v) is 1.60. The number of phenols is 2. The molecule has 0 saturated carbocycles. The fourth-order valence-electron chi connectivity index (χ4n) is 1.36. The average Bonchev–Trinajstić information content (AvgIpc) is 2.20. The van der Waals surface area contributed by atoms with E-state index in [4.69, 9.17) is 11.6 Å². The summed E-state index contributed by atoms with van der Waals surface area (Å²) < 4.78 is 0. The molecule has 2 rings (SSSR count). The lowest BCUT2D eigenvalue weighted by atomic mass is 10.1. The van der Waals surface area contributed by atoms with E-state index in [1.807, 2.05) is 0 Å². The van der Waals surface area contributed by atoms with Crippen molar-refractivity contribution in [3.05, 3.63) is 35.1 Å². The lowest BCUT2D eigenvalue weighted by molar-refractivity contribution is 0.405. The second-order valence-electron chi connectivity index (χ2n) is 3.33. The molecular weight excluding hydrogens is 228 g/mol. The third-order valence-electron chi connectivity index (χ3n) is 2.08. The smallest absolute Gasteiger partial charge is 0.168 e. The van der Waals surface area contributed by atoms with Gasteiger partial charge in [-0.15, -0.1) is 0 Å². The molecule has 1 heterocycles. The van der Waals surface area contributed by atoms with Crippen LogP contribution in [0.25, 0.3) is 11.4 Å². The topological polar surface area (TPSA) is 66.2 Å². The Morgan fingerprint density at radius 1 is 1.19 bits per heavy atom. The van der Waals surface area contributed by atoms with Gasteiger partial charge in [-0.25, -0.2) is 9.97 Å². The van der Waals surface area contributed by atoms with Gasteiger partial charge in [-0.3, -0.25) is 0 Å². The number of phenolic OH excluding ortho intramolecular Hbond substituents is 2. The molecule has 0 aliphatic heterocycles. The Morgan fingerprint density at radius 2 is 1.94 bits per heavy atom. The predicted molar refractivity (Wildman–Crippen MR) is 60.5 cm³/mol. The third kappa shape index (κ3) is 1.92. The number of para-hydroxylation sites is 1. The zero-order chi connectivity index (χ0) is 11.7. The van der Waals surface area contributed by atoms with Crippen LogP contribution < -0.4 is 0 Å². The van der Waals surface area contributed by atoms with Gasteiger partial charge in [-0.2, -0.15) is 0 Å². The molecule has 5 heteroatoms. The molecule has 2 N–H and O–H groups in total. The van der Waals surface area contributed by atoms with Gasteiger partial charge in [-0.05, 0) is 25.1 Å². The summed E-state index contributed by atoms with van der Waals surface area (Å²) in [4.78, 5) is 8.13. The Morgan fingerprint density at radius 3 is 2.62 bits per heavy atom. The Balaban J connectivity index is 2.63. The van der Waals surface area contributed by atoms with Gasteiger partial charge in [0.15, 0.2) is 17.3 Å². The zero-order valence-corrected chi connectivity index (χ0v) is 9.23.